The molecule has 0 spiro atoms. The first-order valence-electron chi connectivity index (χ1n) is 5.53. The Labute approximate surface area is 126 Å². The van der Waals surface area contributed by atoms with E-state index in [0.717, 1.165) is 0 Å². The lowest BCUT2D eigenvalue weighted by atomic mass is 10.3. The second kappa shape index (κ2) is 5.15. The van der Waals surface area contributed by atoms with Crippen LogP contribution in [0, 0.1) is 10.1 Å². The number of nitro benzene ring substituents is 1. The van der Waals surface area contributed by atoms with Gasteiger partial charge in [-0.25, -0.2) is 0 Å². The highest BCUT2D eigenvalue weighted by atomic mass is 35.5. The van der Waals surface area contributed by atoms with Crippen molar-refractivity contribution in [1.29, 1.82) is 0 Å². The van der Waals surface area contributed by atoms with Crippen molar-refractivity contribution in [3.8, 4) is 11.6 Å². The summed E-state index contributed by atoms with van der Waals surface area (Å²) in [6.45, 7) is 0. The smallest absolute Gasteiger partial charge is 0.313 e. The minimum atomic E-state index is -0.601. The number of nitrogens with one attached hydrogen (secondary N) is 1. The van der Waals surface area contributed by atoms with Gasteiger partial charge >= 0.3 is 5.69 Å². The van der Waals surface area contributed by atoms with E-state index in [-0.39, 0.29) is 27.6 Å². The van der Waals surface area contributed by atoms with Crippen molar-refractivity contribution >= 4 is 39.9 Å². The monoisotopic (exact) mass is 325 g/mol. The van der Waals surface area contributed by atoms with E-state index >= 15 is 0 Å². The Morgan fingerprint density at radius 3 is 2.86 bits per heavy atom. The summed E-state index contributed by atoms with van der Waals surface area (Å²) in [5.74, 6) is 0.0471. The Morgan fingerprint density at radius 2 is 2.10 bits per heavy atom. The van der Waals surface area contributed by atoms with Crippen LogP contribution in [-0.2, 0) is 0 Å². The molecular formula is C11H5Cl2N5O3. The van der Waals surface area contributed by atoms with Gasteiger partial charge in [-0.15, -0.1) is 0 Å². The molecule has 8 nitrogen and oxygen atoms in total. The second-order valence-corrected chi connectivity index (χ2v) is 4.68. The van der Waals surface area contributed by atoms with Crippen molar-refractivity contribution in [2.75, 3.05) is 0 Å². The van der Waals surface area contributed by atoms with Crippen LogP contribution in [0.15, 0.2) is 24.4 Å². The van der Waals surface area contributed by atoms with E-state index in [9.17, 15) is 10.1 Å². The van der Waals surface area contributed by atoms with E-state index in [1.54, 1.807) is 0 Å². The largest absolute Gasteiger partial charge is 0.431 e. The molecule has 3 aromatic rings. The Balaban J connectivity index is 2.10. The maximum atomic E-state index is 11.0. The molecule has 0 unspecified atom stereocenters. The Hall–Kier alpha value is -2.45. The van der Waals surface area contributed by atoms with Gasteiger partial charge in [-0.05, 0) is 23.7 Å². The number of rotatable bonds is 3. The van der Waals surface area contributed by atoms with Crippen molar-refractivity contribution < 1.29 is 9.66 Å². The number of ether oxygens (including phenoxy) is 1. The fourth-order valence-corrected chi connectivity index (χ4v) is 2.01. The molecule has 3 rings (SSSR count). The fraction of sp³-hybridized carbons (Fsp3) is 0. The lowest BCUT2D eigenvalue weighted by molar-refractivity contribution is -0.385. The molecule has 1 aromatic carbocycles. The summed E-state index contributed by atoms with van der Waals surface area (Å²) in [6.07, 6.45) is 1.43. The number of benzene rings is 1. The number of hydrogen-bond acceptors (Lipinski definition) is 6. The number of halogens is 2. The molecule has 0 saturated heterocycles. The molecule has 0 bridgehead atoms. The van der Waals surface area contributed by atoms with Gasteiger partial charge in [-0.1, -0.05) is 11.6 Å². The van der Waals surface area contributed by atoms with Gasteiger partial charge in [-0.3, -0.25) is 15.2 Å². The van der Waals surface area contributed by atoms with Crippen molar-refractivity contribution in [2.45, 2.75) is 0 Å². The van der Waals surface area contributed by atoms with Crippen LogP contribution in [0.4, 0.5) is 5.69 Å². The van der Waals surface area contributed by atoms with Crippen LogP contribution in [0.3, 0.4) is 0 Å². The minimum absolute atomic E-state index is 0.0123. The average molecular weight is 326 g/mol. The van der Waals surface area contributed by atoms with Crippen molar-refractivity contribution in [2.24, 2.45) is 0 Å². The summed E-state index contributed by atoms with van der Waals surface area (Å²) in [5.41, 5.74) is 0.0792. The molecule has 0 aliphatic carbocycles. The molecule has 0 aliphatic heterocycles. The third-order valence-electron chi connectivity index (χ3n) is 2.57. The van der Waals surface area contributed by atoms with Crippen LogP contribution < -0.4 is 4.74 Å². The summed E-state index contributed by atoms with van der Waals surface area (Å²) in [5, 5.41) is 18.0. The lowest BCUT2D eigenvalue weighted by Gasteiger charge is -2.06. The highest BCUT2D eigenvalue weighted by Gasteiger charge is 2.19. The first-order chi connectivity index (χ1) is 10.0. The van der Waals surface area contributed by atoms with Gasteiger partial charge in [0.1, 0.15) is 5.39 Å². The molecule has 0 aliphatic rings. The van der Waals surface area contributed by atoms with Crippen LogP contribution >= 0.6 is 23.2 Å². The third kappa shape index (κ3) is 2.58. The van der Waals surface area contributed by atoms with E-state index in [1.807, 2.05) is 0 Å². The number of H-pyrrole nitrogens is 1. The molecule has 0 atom stereocenters. The zero-order valence-corrected chi connectivity index (χ0v) is 11.6. The summed E-state index contributed by atoms with van der Waals surface area (Å²) < 4.78 is 5.48. The number of fused-ring (bicyclic) bond motifs is 1. The van der Waals surface area contributed by atoms with Crippen LogP contribution in [0.5, 0.6) is 11.6 Å². The molecule has 21 heavy (non-hydrogen) atoms. The number of aromatic amines is 1. The predicted octanol–water partition coefficient (Wildman–Crippen LogP) is 3.36. The van der Waals surface area contributed by atoms with E-state index in [0.29, 0.717) is 11.0 Å². The highest BCUT2D eigenvalue weighted by Crippen LogP contribution is 2.35. The molecule has 2 aromatic heterocycles. The zero-order valence-electron chi connectivity index (χ0n) is 10.1. The van der Waals surface area contributed by atoms with E-state index < -0.39 is 4.92 Å². The minimum Gasteiger partial charge on any atom is -0.431 e. The van der Waals surface area contributed by atoms with Crippen LogP contribution in [-0.4, -0.2) is 25.1 Å². The van der Waals surface area contributed by atoms with Crippen LogP contribution in [0.25, 0.3) is 11.0 Å². The lowest BCUT2D eigenvalue weighted by Crippen LogP contribution is -1.96. The van der Waals surface area contributed by atoms with Crippen molar-refractivity contribution in [3.05, 3.63) is 44.8 Å². The van der Waals surface area contributed by atoms with Gasteiger partial charge in [0.15, 0.2) is 5.65 Å². The Morgan fingerprint density at radius 1 is 1.29 bits per heavy atom. The Bertz CT molecular complexity index is 851. The molecular weight excluding hydrogens is 321 g/mol. The van der Waals surface area contributed by atoms with Gasteiger partial charge in [0.25, 0.3) is 0 Å². The SMILES string of the molecule is O=[N+]([O-])c1cc(Cl)ccc1Oc1nc(Cl)nc2[nH]ncc12. The molecule has 1 N–H and O–H groups in total. The van der Waals surface area contributed by atoms with Crippen LogP contribution in [0.1, 0.15) is 0 Å². The van der Waals surface area contributed by atoms with Gasteiger partial charge in [-0.2, -0.15) is 15.1 Å². The zero-order chi connectivity index (χ0) is 15.0. The molecule has 0 fully saturated rings. The summed E-state index contributed by atoms with van der Waals surface area (Å²) >= 11 is 11.5. The Kier molecular flexibility index (Phi) is 3.32. The first-order valence-corrected chi connectivity index (χ1v) is 6.28. The van der Waals surface area contributed by atoms with E-state index in [4.69, 9.17) is 27.9 Å². The standard InChI is InChI=1S/C11H5Cl2N5O3/c12-5-1-2-8(7(3-5)18(19)20)21-10-6-4-14-17-9(6)15-11(13)16-10/h1-4H,(H,14,15,16,17). The van der Waals surface area contributed by atoms with E-state index in [1.165, 1.54) is 24.4 Å². The fourth-order valence-electron chi connectivity index (χ4n) is 1.68. The average Bonchev–Trinajstić information content (AvgIpc) is 2.88. The highest BCUT2D eigenvalue weighted by molar-refractivity contribution is 6.30. The summed E-state index contributed by atoms with van der Waals surface area (Å²) in [7, 11) is 0. The molecule has 2 heterocycles. The number of nitro groups is 1. The normalized spacial score (nSPS) is 10.8. The molecule has 0 saturated carbocycles. The molecule has 0 amide bonds. The summed E-state index contributed by atoms with van der Waals surface area (Å²) in [6, 6.07) is 4.04. The van der Waals surface area contributed by atoms with E-state index in [2.05, 4.69) is 20.2 Å². The van der Waals surface area contributed by atoms with Crippen molar-refractivity contribution in [1.82, 2.24) is 20.2 Å². The maximum absolute atomic E-state index is 11.0. The number of aromatic nitrogens is 4. The molecule has 0 radical (unpaired) electrons. The molecule has 106 valence electrons. The third-order valence-corrected chi connectivity index (χ3v) is 2.98. The van der Waals surface area contributed by atoms with Crippen molar-refractivity contribution in [3.63, 3.8) is 0 Å². The van der Waals surface area contributed by atoms with Gasteiger partial charge in [0.05, 0.1) is 11.1 Å². The number of hydrogen-bond donors (Lipinski definition) is 1. The number of nitrogens with zero attached hydrogens (tertiary/aromatic N) is 4. The summed E-state index contributed by atoms with van der Waals surface area (Å²) in [4.78, 5) is 18.3. The predicted molar refractivity (Wildman–Crippen MR) is 74.9 cm³/mol. The van der Waals surface area contributed by atoms with Crippen LogP contribution in [0.2, 0.25) is 10.3 Å². The van der Waals surface area contributed by atoms with Gasteiger partial charge < -0.3 is 4.74 Å². The maximum Gasteiger partial charge on any atom is 0.313 e. The topological polar surface area (TPSA) is 107 Å². The quantitative estimate of drug-likeness (QED) is 0.449. The van der Waals surface area contributed by atoms with Gasteiger partial charge in [0, 0.05) is 11.1 Å². The van der Waals surface area contributed by atoms with Gasteiger partial charge in [0.2, 0.25) is 16.9 Å². The molecule has 10 heteroatoms. The second-order valence-electron chi connectivity index (χ2n) is 3.90. The first kappa shape index (κ1) is 13.5.